The van der Waals surface area contributed by atoms with E-state index in [0.717, 1.165) is 22.4 Å². The van der Waals surface area contributed by atoms with Crippen molar-refractivity contribution < 1.29 is 20.6 Å². The molecule has 32 heavy (non-hydrogen) atoms. The molecule has 1 unspecified atom stereocenters. The number of anilines is 1. The van der Waals surface area contributed by atoms with Crippen LogP contribution in [-0.2, 0) is 27.5 Å². The molecule has 1 fully saturated rings. The Hall–Kier alpha value is -3.39. The van der Waals surface area contributed by atoms with Gasteiger partial charge in [-0.25, -0.2) is 0 Å². The third-order valence-electron chi connectivity index (χ3n) is 5.71. The molecule has 0 radical (unpaired) electrons. The minimum absolute atomic E-state index is 0. The van der Waals surface area contributed by atoms with E-state index in [1.807, 2.05) is 31.2 Å². The largest absolute Gasteiger partial charge is 0.376 e. The summed E-state index contributed by atoms with van der Waals surface area (Å²) in [7, 11) is 0. The summed E-state index contributed by atoms with van der Waals surface area (Å²) < 4.78 is 0. The number of carbonyl (C=O) groups is 4. The molecule has 168 valence electrons. The second kappa shape index (κ2) is 9.00. The van der Waals surface area contributed by atoms with Crippen molar-refractivity contribution in [2.45, 2.75) is 38.9 Å². The maximum atomic E-state index is 12.9. The van der Waals surface area contributed by atoms with Gasteiger partial charge in [0.05, 0.1) is 6.54 Å². The highest BCUT2D eigenvalue weighted by Gasteiger charge is 2.39. The molecule has 8 nitrogen and oxygen atoms in total. The van der Waals surface area contributed by atoms with Gasteiger partial charge in [0.2, 0.25) is 17.7 Å². The molecule has 2 aromatic rings. The molecule has 4 rings (SSSR count). The molecule has 1 saturated heterocycles. The molecule has 0 aliphatic carbocycles. The van der Waals surface area contributed by atoms with Crippen molar-refractivity contribution >= 4 is 40.9 Å². The summed E-state index contributed by atoms with van der Waals surface area (Å²) in [5.41, 5.74) is 3.85. The highest BCUT2D eigenvalue weighted by atomic mass is 35.5. The Morgan fingerprint density at radius 3 is 2.78 bits per heavy atom. The second-order valence-corrected chi connectivity index (χ2v) is 8.39. The zero-order valence-corrected chi connectivity index (χ0v) is 18.3. The summed E-state index contributed by atoms with van der Waals surface area (Å²) in [6.45, 7) is 2.60. The Morgan fingerprint density at radius 2 is 2.03 bits per heavy atom. The van der Waals surface area contributed by atoms with Gasteiger partial charge < -0.3 is 15.5 Å². The standard InChI is InChI=1S/C23H23ClN4O4.H2/c1-13-2-5-16(9-18(13)24)25-11-21(30)26-10-14-3-4-15-12-28(23(32)17(15)8-14)19-6-7-20(29)27-22(19)31;/h2-5,8-9,19,25H,6-7,10-12H2,1H3,(H,26,30)(H,27,29,31);1H. The fourth-order valence-corrected chi connectivity index (χ4v) is 4.04. The van der Waals surface area contributed by atoms with Gasteiger partial charge >= 0.3 is 0 Å². The summed E-state index contributed by atoms with van der Waals surface area (Å²) in [6, 6.07) is 10.3. The summed E-state index contributed by atoms with van der Waals surface area (Å²) in [5.74, 6) is -1.18. The summed E-state index contributed by atoms with van der Waals surface area (Å²) >= 11 is 6.09. The minimum Gasteiger partial charge on any atom is -0.376 e. The molecule has 1 atom stereocenters. The SMILES string of the molecule is Cc1ccc(NCC(=O)NCc2ccc3c(c2)C(=O)N(C2CCC(=O)NC2=O)C3)cc1Cl.[HH]. The zero-order chi connectivity index (χ0) is 22.8. The van der Waals surface area contributed by atoms with Gasteiger partial charge in [0.25, 0.3) is 5.91 Å². The maximum Gasteiger partial charge on any atom is 0.255 e. The fourth-order valence-electron chi connectivity index (χ4n) is 3.86. The van der Waals surface area contributed by atoms with Crippen molar-refractivity contribution in [2.75, 3.05) is 11.9 Å². The van der Waals surface area contributed by atoms with Crippen molar-refractivity contribution in [1.82, 2.24) is 15.5 Å². The molecule has 0 aromatic heterocycles. The predicted molar refractivity (Wildman–Crippen MR) is 121 cm³/mol. The number of hydrogen-bond acceptors (Lipinski definition) is 5. The van der Waals surface area contributed by atoms with Crippen molar-refractivity contribution in [3.63, 3.8) is 0 Å². The lowest BCUT2D eigenvalue weighted by Crippen LogP contribution is -2.52. The molecule has 0 spiro atoms. The molecule has 3 N–H and O–H groups in total. The zero-order valence-electron chi connectivity index (χ0n) is 17.5. The highest BCUT2D eigenvalue weighted by molar-refractivity contribution is 6.31. The number of benzene rings is 2. The molecule has 2 heterocycles. The Balaban J connectivity index is 0.00000306. The summed E-state index contributed by atoms with van der Waals surface area (Å²) in [6.07, 6.45) is 0.545. The highest BCUT2D eigenvalue weighted by Crippen LogP contribution is 2.28. The Morgan fingerprint density at radius 1 is 1.22 bits per heavy atom. The number of carbonyl (C=O) groups excluding carboxylic acids is 4. The lowest BCUT2D eigenvalue weighted by molar-refractivity contribution is -0.137. The molecule has 2 aliphatic heterocycles. The van der Waals surface area contributed by atoms with Crippen LogP contribution in [0.25, 0.3) is 0 Å². The number of nitrogens with one attached hydrogen (secondary N) is 3. The van der Waals surface area contributed by atoms with E-state index in [4.69, 9.17) is 11.6 Å². The molecule has 0 bridgehead atoms. The maximum absolute atomic E-state index is 12.9. The third kappa shape index (κ3) is 4.60. The Labute approximate surface area is 191 Å². The normalized spacial score (nSPS) is 17.8. The number of piperidine rings is 1. The van der Waals surface area contributed by atoms with Crippen LogP contribution in [0.15, 0.2) is 36.4 Å². The van der Waals surface area contributed by atoms with E-state index in [9.17, 15) is 19.2 Å². The fraction of sp³-hybridized carbons (Fsp3) is 0.304. The van der Waals surface area contributed by atoms with Crippen molar-refractivity contribution in [3.8, 4) is 0 Å². The van der Waals surface area contributed by atoms with Crippen LogP contribution >= 0.6 is 11.6 Å². The molecule has 2 aromatic carbocycles. The van der Waals surface area contributed by atoms with Crippen molar-refractivity contribution in [2.24, 2.45) is 0 Å². The molecule has 9 heteroatoms. The first kappa shape index (κ1) is 21.8. The van der Waals surface area contributed by atoms with E-state index in [2.05, 4.69) is 16.0 Å². The number of nitrogens with zero attached hydrogens (tertiary/aromatic N) is 1. The summed E-state index contributed by atoms with van der Waals surface area (Å²) in [4.78, 5) is 50.1. The van der Waals surface area contributed by atoms with E-state index in [1.165, 1.54) is 4.90 Å². The van der Waals surface area contributed by atoms with Crippen LogP contribution < -0.4 is 16.0 Å². The van der Waals surface area contributed by atoms with Crippen LogP contribution in [0.3, 0.4) is 0 Å². The van der Waals surface area contributed by atoms with Crippen molar-refractivity contribution in [1.29, 1.82) is 0 Å². The number of imide groups is 1. The second-order valence-electron chi connectivity index (χ2n) is 7.99. The van der Waals surface area contributed by atoms with Crippen LogP contribution in [0.2, 0.25) is 5.02 Å². The molecule has 0 saturated carbocycles. The molecular formula is C23H25ClN4O4. The third-order valence-corrected chi connectivity index (χ3v) is 6.11. The van der Waals surface area contributed by atoms with Gasteiger partial charge in [-0.05, 0) is 48.2 Å². The number of fused-ring (bicyclic) bond motifs is 1. The van der Waals surface area contributed by atoms with Gasteiger partial charge in [0.1, 0.15) is 6.04 Å². The predicted octanol–water partition coefficient (Wildman–Crippen LogP) is 2.38. The number of amides is 4. The first-order valence-corrected chi connectivity index (χ1v) is 10.7. The van der Waals surface area contributed by atoms with Crippen LogP contribution in [0.5, 0.6) is 0 Å². The first-order valence-electron chi connectivity index (χ1n) is 10.3. The number of aryl methyl sites for hydroxylation is 1. The number of halogens is 1. The monoisotopic (exact) mass is 456 g/mol. The van der Waals surface area contributed by atoms with Crippen molar-refractivity contribution in [3.05, 3.63) is 63.7 Å². The van der Waals surface area contributed by atoms with Gasteiger partial charge in [-0.15, -0.1) is 0 Å². The van der Waals surface area contributed by atoms with Crippen LogP contribution in [-0.4, -0.2) is 41.1 Å². The average molecular weight is 457 g/mol. The van der Waals surface area contributed by atoms with Gasteiger partial charge in [-0.3, -0.25) is 24.5 Å². The average Bonchev–Trinajstić information content (AvgIpc) is 3.09. The molecule has 4 amide bonds. The number of hydrogen-bond donors (Lipinski definition) is 3. The van der Waals surface area contributed by atoms with E-state index in [-0.39, 0.29) is 38.7 Å². The Bertz CT molecular complexity index is 1120. The van der Waals surface area contributed by atoms with E-state index in [0.29, 0.717) is 23.6 Å². The molecular weight excluding hydrogens is 432 g/mol. The Kier molecular flexibility index (Phi) is 6.14. The topological polar surface area (TPSA) is 108 Å². The van der Waals surface area contributed by atoms with Crippen LogP contribution in [0.1, 0.15) is 41.3 Å². The smallest absolute Gasteiger partial charge is 0.255 e. The first-order chi connectivity index (χ1) is 15.3. The van der Waals surface area contributed by atoms with Crippen LogP contribution in [0, 0.1) is 6.92 Å². The van der Waals surface area contributed by atoms with Gasteiger partial charge in [0.15, 0.2) is 0 Å². The quantitative estimate of drug-likeness (QED) is 0.578. The van der Waals surface area contributed by atoms with E-state index >= 15 is 0 Å². The number of rotatable bonds is 6. The summed E-state index contributed by atoms with van der Waals surface area (Å²) in [5, 5.41) is 8.78. The van der Waals surface area contributed by atoms with Crippen LogP contribution in [0.4, 0.5) is 5.69 Å². The lowest BCUT2D eigenvalue weighted by Gasteiger charge is -2.29. The van der Waals surface area contributed by atoms with Gasteiger partial charge in [-0.1, -0.05) is 29.8 Å². The van der Waals surface area contributed by atoms with E-state index < -0.39 is 11.9 Å². The van der Waals surface area contributed by atoms with Gasteiger partial charge in [0, 0.05) is 37.2 Å². The molecule has 2 aliphatic rings. The van der Waals surface area contributed by atoms with Gasteiger partial charge in [-0.2, -0.15) is 0 Å². The minimum atomic E-state index is -0.642. The lowest BCUT2D eigenvalue weighted by atomic mass is 10.0. The van der Waals surface area contributed by atoms with E-state index in [1.54, 1.807) is 12.1 Å².